The molecule has 0 spiro atoms. The predicted octanol–water partition coefficient (Wildman–Crippen LogP) is 4.37. The number of rotatable bonds is 5. The molecule has 0 saturated carbocycles. The van der Waals surface area contributed by atoms with Crippen molar-refractivity contribution in [3.63, 3.8) is 0 Å². The third kappa shape index (κ3) is 3.24. The van der Waals surface area contributed by atoms with Crippen LogP contribution in [-0.4, -0.2) is 30.3 Å². The highest BCUT2D eigenvalue weighted by Gasteiger charge is 2.25. The summed E-state index contributed by atoms with van der Waals surface area (Å²) in [6, 6.07) is 14.2. The molecule has 0 amide bonds. The summed E-state index contributed by atoms with van der Waals surface area (Å²) in [5.41, 5.74) is 3.40. The normalized spacial score (nSPS) is 15.0. The third-order valence-corrected chi connectivity index (χ3v) is 6.64. The third-order valence-electron chi connectivity index (χ3n) is 4.37. The van der Waals surface area contributed by atoms with E-state index in [4.69, 9.17) is 4.74 Å². The van der Waals surface area contributed by atoms with E-state index in [-0.39, 0.29) is 5.37 Å². The lowest BCUT2D eigenvalue weighted by Crippen LogP contribution is -2.38. The first kappa shape index (κ1) is 16.4. The Morgan fingerprint density at radius 1 is 1.32 bits per heavy atom. The maximum atomic E-state index is 11.8. The van der Waals surface area contributed by atoms with Crippen LogP contribution in [0.5, 0.6) is 5.75 Å². The number of thiazole rings is 1. The monoisotopic (exact) mass is 370 g/mol. The number of benzene rings is 2. The van der Waals surface area contributed by atoms with Crippen molar-refractivity contribution in [3.8, 4) is 5.75 Å². The molecule has 0 bridgehead atoms. The number of hydrogen-bond donors (Lipinski definition) is 0. The molecule has 1 atom stereocenters. The summed E-state index contributed by atoms with van der Waals surface area (Å²) in [5, 5.41) is -0.260. The molecule has 0 aliphatic carbocycles. The second kappa shape index (κ2) is 7.06. The number of fused-ring (bicyclic) bond motifs is 2. The molecule has 3 aromatic rings. The zero-order chi connectivity index (χ0) is 17.2. The average molecular weight is 370 g/mol. The molecule has 2 aromatic carbocycles. The fourth-order valence-electron chi connectivity index (χ4n) is 3.16. The van der Waals surface area contributed by atoms with Gasteiger partial charge in [0.2, 0.25) is 0 Å². The molecule has 0 N–H and O–H groups in total. The second-order valence-corrected chi connectivity index (χ2v) is 8.28. The molecule has 0 fully saturated rings. The minimum atomic E-state index is -0.260. The molecular formula is C19H18N2O2S2. The van der Waals surface area contributed by atoms with E-state index >= 15 is 0 Å². The molecule has 25 heavy (non-hydrogen) atoms. The molecule has 0 radical (unpaired) electrons. The van der Waals surface area contributed by atoms with Gasteiger partial charge in [0.05, 0.1) is 17.3 Å². The summed E-state index contributed by atoms with van der Waals surface area (Å²) in [6.07, 6.45) is 3.17. The van der Waals surface area contributed by atoms with Gasteiger partial charge >= 0.3 is 0 Å². The number of carbonyl (C=O) groups excluding carboxylic acids is 1. The SMILES string of the molecule is COc1ccc2sc(SC(C=O)N3CCCc4ccccc43)nc2c1. The topological polar surface area (TPSA) is 42.4 Å². The van der Waals surface area contributed by atoms with E-state index in [9.17, 15) is 4.79 Å². The van der Waals surface area contributed by atoms with E-state index in [0.717, 1.165) is 46.0 Å². The first-order chi connectivity index (χ1) is 12.3. The molecule has 1 aliphatic rings. The number of anilines is 1. The summed E-state index contributed by atoms with van der Waals surface area (Å²) >= 11 is 3.14. The molecule has 6 heteroatoms. The van der Waals surface area contributed by atoms with Gasteiger partial charge in [0, 0.05) is 18.3 Å². The Morgan fingerprint density at radius 3 is 3.04 bits per heavy atom. The molecule has 4 nitrogen and oxygen atoms in total. The van der Waals surface area contributed by atoms with Crippen molar-refractivity contribution < 1.29 is 9.53 Å². The number of ether oxygens (including phenoxy) is 1. The fraction of sp³-hybridized carbons (Fsp3) is 0.263. The first-order valence-electron chi connectivity index (χ1n) is 8.19. The number of hydrogen-bond acceptors (Lipinski definition) is 6. The smallest absolute Gasteiger partial charge is 0.153 e. The molecule has 128 valence electrons. The van der Waals surface area contributed by atoms with Crippen LogP contribution in [0.15, 0.2) is 46.8 Å². The van der Waals surface area contributed by atoms with E-state index in [1.807, 2.05) is 24.3 Å². The quantitative estimate of drug-likeness (QED) is 0.493. The minimum absolute atomic E-state index is 0.260. The van der Waals surface area contributed by atoms with E-state index in [0.29, 0.717) is 0 Å². The number of carbonyl (C=O) groups is 1. The summed E-state index contributed by atoms with van der Waals surface area (Å²) < 4.78 is 7.27. The Hall–Kier alpha value is -2.05. The van der Waals surface area contributed by atoms with Crippen LogP contribution in [0.3, 0.4) is 0 Å². The number of aromatic nitrogens is 1. The largest absolute Gasteiger partial charge is 0.497 e. The van der Waals surface area contributed by atoms with Crippen LogP contribution in [0.2, 0.25) is 0 Å². The Bertz CT molecular complexity index is 909. The van der Waals surface area contributed by atoms with Crippen molar-refractivity contribution in [3.05, 3.63) is 48.0 Å². The predicted molar refractivity (Wildman–Crippen MR) is 104 cm³/mol. The Labute approximate surface area is 154 Å². The van der Waals surface area contributed by atoms with E-state index in [1.54, 1.807) is 18.4 Å². The highest BCUT2D eigenvalue weighted by Crippen LogP contribution is 2.37. The summed E-state index contributed by atoms with van der Waals surface area (Å²) in [4.78, 5) is 18.7. The molecule has 0 saturated heterocycles. The Balaban J connectivity index is 1.62. The van der Waals surface area contributed by atoms with E-state index in [1.165, 1.54) is 23.0 Å². The van der Waals surface area contributed by atoms with Gasteiger partial charge in [-0.1, -0.05) is 30.0 Å². The van der Waals surface area contributed by atoms with Gasteiger partial charge in [-0.2, -0.15) is 0 Å². The van der Waals surface area contributed by atoms with E-state index in [2.05, 4.69) is 28.1 Å². The number of methoxy groups -OCH3 is 1. The minimum Gasteiger partial charge on any atom is -0.497 e. The molecular weight excluding hydrogens is 352 g/mol. The lowest BCUT2D eigenvalue weighted by Gasteiger charge is -2.34. The van der Waals surface area contributed by atoms with Gasteiger partial charge < -0.3 is 14.4 Å². The maximum absolute atomic E-state index is 11.8. The Kier molecular flexibility index (Phi) is 4.63. The second-order valence-electron chi connectivity index (χ2n) is 5.88. The first-order valence-corrected chi connectivity index (χ1v) is 9.89. The van der Waals surface area contributed by atoms with Crippen molar-refractivity contribution in [1.29, 1.82) is 0 Å². The molecule has 1 unspecified atom stereocenters. The standard InChI is InChI=1S/C19H18N2O2S2/c1-23-14-8-9-17-15(11-14)20-19(24-17)25-18(12-22)21-10-4-6-13-5-2-3-7-16(13)21/h2-3,5,7-9,11-12,18H,4,6,10H2,1H3. The van der Waals surface area contributed by atoms with Crippen molar-refractivity contribution in [1.82, 2.24) is 4.98 Å². The van der Waals surface area contributed by atoms with Gasteiger partial charge in [-0.25, -0.2) is 4.98 Å². The maximum Gasteiger partial charge on any atom is 0.153 e. The van der Waals surface area contributed by atoms with Crippen LogP contribution in [0.25, 0.3) is 10.2 Å². The van der Waals surface area contributed by atoms with Crippen LogP contribution in [0.4, 0.5) is 5.69 Å². The lowest BCUT2D eigenvalue weighted by atomic mass is 10.0. The fourth-order valence-corrected chi connectivity index (χ4v) is 5.35. The van der Waals surface area contributed by atoms with Crippen LogP contribution >= 0.6 is 23.1 Å². The molecule has 2 heterocycles. The molecule has 4 rings (SSSR count). The van der Waals surface area contributed by atoms with Crippen molar-refractivity contribution in [2.24, 2.45) is 0 Å². The zero-order valence-electron chi connectivity index (χ0n) is 13.8. The highest BCUT2D eigenvalue weighted by molar-refractivity contribution is 8.02. The van der Waals surface area contributed by atoms with Crippen molar-refractivity contribution >= 4 is 45.3 Å². The van der Waals surface area contributed by atoms with Crippen molar-refractivity contribution in [2.45, 2.75) is 22.6 Å². The van der Waals surface area contributed by atoms with E-state index < -0.39 is 0 Å². The zero-order valence-corrected chi connectivity index (χ0v) is 15.5. The van der Waals surface area contributed by atoms with Gasteiger partial charge in [-0.05, 0) is 36.6 Å². The van der Waals surface area contributed by atoms with Crippen LogP contribution in [-0.2, 0) is 11.2 Å². The van der Waals surface area contributed by atoms with Crippen molar-refractivity contribution in [2.75, 3.05) is 18.6 Å². The van der Waals surface area contributed by atoms with Gasteiger partial charge in [-0.15, -0.1) is 11.3 Å². The average Bonchev–Trinajstić information content (AvgIpc) is 3.07. The van der Waals surface area contributed by atoms with Crippen LogP contribution < -0.4 is 9.64 Å². The van der Waals surface area contributed by atoms with Crippen LogP contribution in [0, 0.1) is 0 Å². The molecule has 1 aromatic heterocycles. The number of para-hydroxylation sites is 1. The Morgan fingerprint density at radius 2 is 2.20 bits per heavy atom. The number of aldehydes is 1. The summed E-state index contributed by atoms with van der Waals surface area (Å²) in [6.45, 7) is 0.895. The molecule has 1 aliphatic heterocycles. The van der Waals surface area contributed by atoms with Gasteiger partial charge in [0.15, 0.2) is 10.6 Å². The van der Waals surface area contributed by atoms with Crippen LogP contribution in [0.1, 0.15) is 12.0 Å². The highest BCUT2D eigenvalue weighted by atomic mass is 32.2. The number of aryl methyl sites for hydroxylation is 1. The number of thioether (sulfide) groups is 1. The lowest BCUT2D eigenvalue weighted by molar-refractivity contribution is -0.107. The summed E-state index contributed by atoms with van der Waals surface area (Å²) in [5.74, 6) is 0.797. The van der Waals surface area contributed by atoms with Gasteiger partial charge in [0.25, 0.3) is 0 Å². The van der Waals surface area contributed by atoms with Gasteiger partial charge in [-0.3, -0.25) is 0 Å². The van der Waals surface area contributed by atoms with Gasteiger partial charge in [0.1, 0.15) is 11.1 Å². The summed E-state index contributed by atoms with van der Waals surface area (Å²) in [7, 11) is 1.65. The number of nitrogens with zero attached hydrogens (tertiary/aromatic N) is 2.